The minimum atomic E-state index is -0.168. The van der Waals surface area contributed by atoms with Crippen molar-refractivity contribution in [3.8, 4) is 0 Å². The number of anilines is 2. The Kier molecular flexibility index (Phi) is 4.37. The summed E-state index contributed by atoms with van der Waals surface area (Å²) in [6, 6.07) is 13.3. The number of nitrogens with one attached hydrogen (secondary N) is 1. The van der Waals surface area contributed by atoms with Crippen LogP contribution < -0.4 is 10.2 Å². The van der Waals surface area contributed by atoms with Gasteiger partial charge < -0.3 is 10.2 Å². The number of aromatic nitrogens is 1. The third kappa shape index (κ3) is 3.45. The Bertz CT molecular complexity index is 634. The van der Waals surface area contributed by atoms with Gasteiger partial charge in [0.05, 0.1) is 0 Å². The molecule has 1 aromatic carbocycles. The van der Waals surface area contributed by atoms with Gasteiger partial charge in [-0.15, -0.1) is 0 Å². The molecule has 0 unspecified atom stereocenters. The molecule has 2 aromatic rings. The lowest BCUT2D eigenvalue weighted by molar-refractivity contribution is 0.102. The van der Waals surface area contributed by atoms with Crippen molar-refractivity contribution in [1.82, 2.24) is 4.98 Å². The Balaban J connectivity index is 1.72. The predicted octanol–water partition coefficient (Wildman–Crippen LogP) is 3.57. The van der Waals surface area contributed by atoms with Gasteiger partial charge in [-0.2, -0.15) is 0 Å². The summed E-state index contributed by atoms with van der Waals surface area (Å²) in [7, 11) is 0. The van der Waals surface area contributed by atoms with E-state index in [2.05, 4.69) is 22.1 Å². The van der Waals surface area contributed by atoms with Crippen LogP contribution in [-0.4, -0.2) is 24.0 Å². The molecule has 0 aliphatic carbocycles. The molecule has 22 heavy (non-hydrogen) atoms. The maximum Gasteiger partial charge on any atom is 0.274 e. The molecule has 1 aliphatic rings. The average Bonchev–Trinajstić information content (AvgIpc) is 2.56. The molecule has 1 aliphatic heterocycles. The normalized spacial score (nSPS) is 15.6. The zero-order valence-corrected chi connectivity index (χ0v) is 12.8. The summed E-state index contributed by atoms with van der Waals surface area (Å²) in [6.07, 6.45) is 4.12. The molecular weight excluding hydrogens is 274 g/mol. The number of rotatable bonds is 3. The SMILES string of the molecule is CC1CCN(c2ccnc(C(=O)Nc3ccccc3)c2)CC1. The summed E-state index contributed by atoms with van der Waals surface area (Å²) in [5.41, 5.74) is 2.33. The highest BCUT2D eigenvalue weighted by atomic mass is 16.1. The second kappa shape index (κ2) is 6.60. The monoisotopic (exact) mass is 295 g/mol. The Labute approximate surface area is 131 Å². The van der Waals surface area contributed by atoms with Crippen molar-refractivity contribution in [3.05, 3.63) is 54.4 Å². The number of pyridine rings is 1. The molecule has 1 amide bonds. The molecular formula is C18H21N3O. The summed E-state index contributed by atoms with van der Waals surface area (Å²) < 4.78 is 0. The molecule has 0 bridgehead atoms. The standard InChI is InChI=1S/C18H21N3O/c1-14-8-11-21(12-9-14)16-7-10-19-17(13-16)18(22)20-15-5-3-2-4-6-15/h2-7,10,13-14H,8-9,11-12H2,1H3,(H,20,22). The van der Waals surface area contributed by atoms with Gasteiger partial charge in [0.2, 0.25) is 0 Å². The second-order valence-corrected chi connectivity index (χ2v) is 5.89. The van der Waals surface area contributed by atoms with Gasteiger partial charge in [0.15, 0.2) is 0 Å². The van der Waals surface area contributed by atoms with Crippen LogP contribution in [0.15, 0.2) is 48.7 Å². The summed E-state index contributed by atoms with van der Waals surface area (Å²) in [5.74, 6) is 0.623. The van der Waals surface area contributed by atoms with E-state index in [1.807, 2.05) is 42.5 Å². The van der Waals surface area contributed by atoms with Gasteiger partial charge in [-0.25, -0.2) is 0 Å². The lowest BCUT2D eigenvalue weighted by atomic mass is 9.99. The first kappa shape index (κ1) is 14.6. The number of carbonyl (C=O) groups is 1. The number of benzene rings is 1. The fraction of sp³-hybridized carbons (Fsp3) is 0.333. The van der Waals surface area contributed by atoms with Crippen LogP contribution in [0.1, 0.15) is 30.3 Å². The number of carbonyl (C=O) groups excluding carboxylic acids is 1. The van der Waals surface area contributed by atoms with E-state index >= 15 is 0 Å². The maximum atomic E-state index is 12.3. The van der Waals surface area contributed by atoms with Crippen LogP contribution in [0.25, 0.3) is 0 Å². The van der Waals surface area contributed by atoms with Crippen LogP contribution in [-0.2, 0) is 0 Å². The molecule has 4 nitrogen and oxygen atoms in total. The first-order chi connectivity index (χ1) is 10.7. The first-order valence-electron chi connectivity index (χ1n) is 7.80. The van der Waals surface area contributed by atoms with E-state index in [0.29, 0.717) is 5.69 Å². The molecule has 3 rings (SSSR count). The third-order valence-electron chi connectivity index (χ3n) is 4.16. The summed E-state index contributed by atoms with van der Waals surface area (Å²) >= 11 is 0. The highest BCUT2D eigenvalue weighted by Crippen LogP contribution is 2.23. The molecule has 1 saturated heterocycles. The van der Waals surface area contributed by atoms with Crippen molar-refractivity contribution in [2.45, 2.75) is 19.8 Å². The van der Waals surface area contributed by atoms with E-state index < -0.39 is 0 Å². The molecule has 1 fully saturated rings. The minimum Gasteiger partial charge on any atom is -0.371 e. The van der Waals surface area contributed by atoms with Crippen molar-refractivity contribution in [2.24, 2.45) is 5.92 Å². The number of piperidine rings is 1. The topological polar surface area (TPSA) is 45.2 Å². The first-order valence-corrected chi connectivity index (χ1v) is 7.80. The minimum absolute atomic E-state index is 0.168. The third-order valence-corrected chi connectivity index (χ3v) is 4.16. The van der Waals surface area contributed by atoms with E-state index in [0.717, 1.165) is 30.4 Å². The van der Waals surface area contributed by atoms with Crippen LogP contribution in [0.5, 0.6) is 0 Å². The second-order valence-electron chi connectivity index (χ2n) is 5.89. The maximum absolute atomic E-state index is 12.3. The Morgan fingerprint density at radius 2 is 1.91 bits per heavy atom. The van der Waals surface area contributed by atoms with Crippen LogP contribution in [0.2, 0.25) is 0 Å². The van der Waals surface area contributed by atoms with Gasteiger partial charge in [0, 0.05) is 30.7 Å². The van der Waals surface area contributed by atoms with Crippen molar-refractivity contribution in [1.29, 1.82) is 0 Å². The summed E-state index contributed by atoms with van der Waals surface area (Å²) in [6.45, 7) is 4.39. The van der Waals surface area contributed by atoms with Gasteiger partial charge in [-0.3, -0.25) is 9.78 Å². The van der Waals surface area contributed by atoms with Gasteiger partial charge in [0.1, 0.15) is 5.69 Å². The van der Waals surface area contributed by atoms with E-state index in [1.165, 1.54) is 12.8 Å². The van der Waals surface area contributed by atoms with E-state index in [9.17, 15) is 4.79 Å². The zero-order valence-electron chi connectivity index (χ0n) is 12.8. The fourth-order valence-corrected chi connectivity index (χ4v) is 2.72. The molecule has 0 spiro atoms. The van der Waals surface area contributed by atoms with Crippen molar-refractivity contribution >= 4 is 17.3 Å². The highest BCUT2D eigenvalue weighted by molar-refractivity contribution is 6.03. The van der Waals surface area contributed by atoms with Gasteiger partial charge in [-0.1, -0.05) is 25.1 Å². The number of nitrogens with zero attached hydrogens (tertiary/aromatic N) is 2. The lowest BCUT2D eigenvalue weighted by Gasteiger charge is -2.32. The summed E-state index contributed by atoms with van der Waals surface area (Å²) in [4.78, 5) is 18.8. The number of hydrogen-bond donors (Lipinski definition) is 1. The zero-order chi connectivity index (χ0) is 15.4. The van der Waals surface area contributed by atoms with E-state index in [1.54, 1.807) is 6.20 Å². The quantitative estimate of drug-likeness (QED) is 0.941. The van der Waals surface area contributed by atoms with E-state index in [4.69, 9.17) is 0 Å². The number of amides is 1. The van der Waals surface area contributed by atoms with Crippen LogP contribution in [0.4, 0.5) is 11.4 Å². The predicted molar refractivity (Wildman–Crippen MR) is 89.2 cm³/mol. The van der Waals surface area contributed by atoms with Crippen molar-refractivity contribution in [3.63, 3.8) is 0 Å². The number of para-hydroxylation sites is 1. The van der Waals surface area contributed by atoms with Gasteiger partial charge in [0.25, 0.3) is 5.91 Å². The highest BCUT2D eigenvalue weighted by Gasteiger charge is 2.17. The summed E-state index contributed by atoms with van der Waals surface area (Å²) in [5, 5.41) is 2.88. The van der Waals surface area contributed by atoms with Crippen molar-refractivity contribution < 1.29 is 4.79 Å². The molecule has 4 heteroatoms. The average molecular weight is 295 g/mol. The van der Waals surface area contributed by atoms with Crippen LogP contribution in [0, 0.1) is 5.92 Å². The molecule has 2 heterocycles. The van der Waals surface area contributed by atoms with Crippen LogP contribution in [0.3, 0.4) is 0 Å². The Morgan fingerprint density at radius 1 is 1.18 bits per heavy atom. The molecule has 1 aromatic heterocycles. The molecule has 114 valence electrons. The molecule has 1 N–H and O–H groups in total. The Hall–Kier alpha value is -2.36. The smallest absolute Gasteiger partial charge is 0.274 e. The van der Waals surface area contributed by atoms with Crippen molar-refractivity contribution in [2.75, 3.05) is 23.3 Å². The van der Waals surface area contributed by atoms with E-state index in [-0.39, 0.29) is 5.91 Å². The van der Waals surface area contributed by atoms with Gasteiger partial charge in [-0.05, 0) is 43.0 Å². The fourth-order valence-electron chi connectivity index (χ4n) is 2.72. The van der Waals surface area contributed by atoms with Crippen LogP contribution >= 0.6 is 0 Å². The lowest BCUT2D eigenvalue weighted by Crippen LogP contribution is -2.33. The number of hydrogen-bond acceptors (Lipinski definition) is 3. The van der Waals surface area contributed by atoms with Gasteiger partial charge >= 0.3 is 0 Å². The molecule has 0 atom stereocenters. The molecule has 0 saturated carbocycles. The molecule has 0 radical (unpaired) electrons. The Morgan fingerprint density at radius 3 is 2.64 bits per heavy atom. The largest absolute Gasteiger partial charge is 0.371 e.